The van der Waals surface area contributed by atoms with E-state index in [-0.39, 0.29) is 36.1 Å². The smallest absolute Gasteiger partial charge is 0.421 e. The molecule has 3 aliphatic rings. The van der Waals surface area contributed by atoms with Gasteiger partial charge >= 0.3 is 6.18 Å². The van der Waals surface area contributed by atoms with E-state index >= 15 is 0 Å². The second kappa shape index (κ2) is 10.1. The van der Waals surface area contributed by atoms with Crippen molar-refractivity contribution < 1.29 is 27.1 Å². The Morgan fingerprint density at radius 3 is 2.50 bits per heavy atom. The Kier molecular flexibility index (Phi) is 6.59. The molecule has 0 bridgehead atoms. The van der Waals surface area contributed by atoms with Gasteiger partial charge in [0.05, 0.1) is 18.7 Å². The highest BCUT2D eigenvalue weighted by molar-refractivity contribution is 5.78. The first-order chi connectivity index (χ1) is 19.2. The number of halogens is 4. The number of hydrogen-bond donors (Lipinski definition) is 1. The molecule has 13 heteroatoms. The fourth-order valence-corrected chi connectivity index (χ4v) is 5.14. The molecule has 2 fully saturated rings. The van der Waals surface area contributed by atoms with Gasteiger partial charge in [-0.2, -0.15) is 18.3 Å². The Hall–Kier alpha value is -4.16. The fraction of sp³-hybridized carbons (Fsp3) is 0.407. The third-order valence-corrected chi connectivity index (χ3v) is 7.44. The zero-order chi connectivity index (χ0) is 28.0. The zero-order valence-electron chi connectivity index (χ0n) is 21.3. The van der Waals surface area contributed by atoms with Crippen LogP contribution in [0.4, 0.5) is 34.9 Å². The highest BCUT2D eigenvalue weighted by Crippen LogP contribution is 2.41. The second-order valence-electron chi connectivity index (χ2n) is 10.2. The molecule has 1 unspecified atom stereocenters. The first kappa shape index (κ1) is 26.1. The van der Waals surface area contributed by atoms with Crippen molar-refractivity contribution in [2.45, 2.75) is 37.5 Å². The van der Waals surface area contributed by atoms with Gasteiger partial charge < -0.3 is 19.4 Å². The zero-order valence-corrected chi connectivity index (χ0v) is 21.3. The largest absolute Gasteiger partial charge is 0.486 e. The first-order valence-electron chi connectivity index (χ1n) is 13.0. The van der Waals surface area contributed by atoms with Gasteiger partial charge in [0.2, 0.25) is 5.91 Å². The minimum atomic E-state index is -4.91. The number of piperazine rings is 1. The lowest BCUT2D eigenvalue weighted by Crippen LogP contribution is -2.50. The van der Waals surface area contributed by atoms with E-state index in [0.29, 0.717) is 38.2 Å². The van der Waals surface area contributed by atoms with E-state index in [0.717, 1.165) is 18.0 Å². The number of ether oxygens (including phenoxy) is 1. The molecule has 0 radical (unpaired) electrons. The number of benzene rings is 1. The van der Waals surface area contributed by atoms with Crippen LogP contribution >= 0.6 is 0 Å². The SMILES string of the molecule is O=C(CC1CN(c2cc(C(F)(F)F)c(=O)[nH]n2)c2cc(F)ccc2O1)N1CCN(c2ccc(C3CC3)cn2)CC1. The molecule has 210 valence electrons. The lowest BCUT2D eigenvalue weighted by Gasteiger charge is -2.38. The van der Waals surface area contributed by atoms with Gasteiger partial charge in [0, 0.05) is 44.5 Å². The number of nitrogens with zero attached hydrogens (tertiary/aromatic N) is 5. The van der Waals surface area contributed by atoms with Gasteiger partial charge in [0.15, 0.2) is 5.82 Å². The number of amides is 1. The Morgan fingerprint density at radius 1 is 1.05 bits per heavy atom. The van der Waals surface area contributed by atoms with E-state index in [1.807, 2.05) is 17.4 Å². The Labute approximate surface area is 226 Å². The number of carbonyl (C=O) groups excluding carboxylic acids is 1. The van der Waals surface area contributed by atoms with Crippen molar-refractivity contribution in [3.63, 3.8) is 0 Å². The molecular weight excluding hydrogens is 532 g/mol. The normalized spacial score (nSPS) is 19.3. The fourth-order valence-electron chi connectivity index (χ4n) is 5.14. The lowest BCUT2D eigenvalue weighted by atomic mass is 10.1. The topological polar surface area (TPSA) is 94.7 Å². The van der Waals surface area contributed by atoms with Crippen molar-refractivity contribution in [2.24, 2.45) is 0 Å². The molecule has 1 atom stereocenters. The summed E-state index contributed by atoms with van der Waals surface area (Å²) in [5, 5.41) is 5.63. The Balaban J connectivity index is 1.15. The van der Waals surface area contributed by atoms with Crippen LogP contribution in [0.25, 0.3) is 0 Å². The van der Waals surface area contributed by atoms with Gasteiger partial charge in [0.1, 0.15) is 29.1 Å². The van der Waals surface area contributed by atoms with Gasteiger partial charge in [0.25, 0.3) is 5.56 Å². The highest BCUT2D eigenvalue weighted by atomic mass is 19.4. The molecule has 1 saturated heterocycles. The van der Waals surface area contributed by atoms with Gasteiger partial charge in [-0.3, -0.25) is 9.59 Å². The van der Waals surface area contributed by atoms with Gasteiger partial charge in [-0.25, -0.2) is 14.5 Å². The monoisotopic (exact) mass is 558 g/mol. The number of alkyl halides is 3. The van der Waals surface area contributed by atoms with Gasteiger partial charge in [-0.15, -0.1) is 0 Å². The molecule has 1 N–H and O–H groups in total. The average Bonchev–Trinajstić information content (AvgIpc) is 3.79. The summed E-state index contributed by atoms with van der Waals surface area (Å²) >= 11 is 0. The van der Waals surface area contributed by atoms with Crippen LogP contribution in [-0.2, 0) is 11.0 Å². The number of pyridine rings is 1. The third-order valence-electron chi connectivity index (χ3n) is 7.44. The Bertz CT molecular complexity index is 1470. The number of carbonyl (C=O) groups is 1. The number of fused-ring (bicyclic) bond motifs is 1. The molecule has 1 aliphatic carbocycles. The van der Waals surface area contributed by atoms with E-state index in [1.54, 1.807) is 4.90 Å². The summed E-state index contributed by atoms with van der Waals surface area (Å²) in [6.45, 7) is 2.13. The van der Waals surface area contributed by atoms with Gasteiger partial charge in [-0.1, -0.05) is 6.07 Å². The number of anilines is 3. The van der Waals surface area contributed by atoms with Crippen LogP contribution in [0.15, 0.2) is 47.4 Å². The molecule has 9 nitrogen and oxygen atoms in total. The number of H-pyrrole nitrogens is 1. The molecule has 0 spiro atoms. The highest BCUT2D eigenvalue weighted by Gasteiger charge is 2.37. The summed E-state index contributed by atoms with van der Waals surface area (Å²) in [6, 6.07) is 8.37. The van der Waals surface area contributed by atoms with Crippen molar-refractivity contribution in [3.8, 4) is 5.75 Å². The van der Waals surface area contributed by atoms with Crippen LogP contribution in [0, 0.1) is 5.82 Å². The van der Waals surface area contributed by atoms with Crippen molar-refractivity contribution in [1.82, 2.24) is 20.1 Å². The number of rotatable bonds is 5. The molecule has 1 amide bonds. The maximum absolute atomic E-state index is 14.1. The van der Waals surface area contributed by atoms with Gasteiger partial charge in [-0.05, 0) is 42.5 Å². The predicted octanol–water partition coefficient (Wildman–Crippen LogP) is 3.84. The Morgan fingerprint density at radius 2 is 1.82 bits per heavy atom. The third kappa shape index (κ3) is 5.32. The molecule has 3 aromatic rings. The summed E-state index contributed by atoms with van der Waals surface area (Å²) in [5.74, 6) is 0.658. The minimum absolute atomic E-state index is 0.0445. The second-order valence-corrected chi connectivity index (χ2v) is 10.2. The number of aromatic nitrogens is 3. The maximum Gasteiger partial charge on any atom is 0.421 e. The number of nitrogens with one attached hydrogen (secondary N) is 1. The molecule has 1 aromatic carbocycles. The summed E-state index contributed by atoms with van der Waals surface area (Å²) in [5.41, 5.74) is -1.41. The van der Waals surface area contributed by atoms with Crippen LogP contribution in [0.2, 0.25) is 0 Å². The average molecular weight is 559 g/mol. The summed E-state index contributed by atoms with van der Waals surface area (Å²) < 4.78 is 60.2. The maximum atomic E-state index is 14.1. The molecule has 40 heavy (non-hydrogen) atoms. The van der Waals surface area contributed by atoms with E-state index in [9.17, 15) is 27.2 Å². The summed E-state index contributed by atoms with van der Waals surface area (Å²) in [4.78, 5) is 34.7. The molecule has 2 aromatic heterocycles. The molecule has 4 heterocycles. The van der Waals surface area contributed by atoms with Crippen molar-refractivity contribution in [2.75, 3.05) is 42.5 Å². The number of hydrogen-bond acceptors (Lipinski definition) is 7. The van der Waals surface area contributed by atoms with E-state index in [1.165, 1.54) is 29.4 Å². The van der Waals surface area contributed by atoms with Crippen molar-refractivity contribution >= 4 is 23.2 Å². The molecule has 6 rings (SSSR count). The van der Waals surface area contributed by atoms with E-state index in [4.69, 9.17) is 4.74 Å². The van der Waals surface area contributed by atoms with E-state index < -0.39 is 29.2 Å². The molecular formula is C27H26F4N6O3. The van der Waals surface area contributed by atoms with E-state index in [2.05, 4.69) is 21.0 Å². The molecule has 1 saturated carbocycles. The van der Waals surface area contributed by atoms with Crippen molar-refractivity contribution in [3.05, 3.63) is 69.9 Å². The van der Waals surface area contributed by atoms with Crippen LogP contribution in [0.5, 0.6) is 5.75 Å². The van der Waals surface area contributed by atoms with Crippen molar-refractivity contribution in [1.29, 1.82) is 0 Å². The predicted molar refractivity (Wildman–Crippen MR) is 137 cm³/mol. The summed E-state index contributed by atoms with van der Waals surface area (Å²) in [6.07, 6.45) is -1.35. The standard InChI is InChI=1S/C27H26F4N6O3/c28-18-4-5-22-21(11-18)37(24-13-20(27(29,30)31)26(39)34-33-24)15-19(40-22)12-25(38)36-9-7-35(8-10-36)23-6-3-17(14-32-23)16-1-2-16/h3-6,11,13-14,16,19H,1-2,7-10,12,15H2,(H,34,39). The number of aromatic amines is 1. The molecule has 2 aliphatic heterocycles. The quantitative estimate of drug-likeness (QED) is 0.476. The minimum Gasteiger partial charge on any atom is -0.486 e. The summed E-state index contributed by atoms with van der Waals surface area (Å²) in [7, 11) is 0. The van der Waals surface area contributed by atoms with Crippen LogP contribution in [0.1, 0.15) is 36.3 Å². The van der Waals surface area contributed by atoms with Crippen LogP contribution < -0.4 is 20.1 Å². The van der Waals surface area contributed by atoms with Crippen LogP contribution in [0.3, 0.4) is 0 Å². The van der Waals surface area contributed by atoms with Crippen LogP contribution in [-0.4, -0.2) is 64.8 Å². The lowest BCUT2D eigenvalue weighted by molar-refractivity contribution is -0.138. The first-order valence-corrected chi connectivity index (χ1v) is 13.0.